The standard InChI is InChI=1S/C17H26N2O/c1-14(16-8-11-20-13-16)18-17-6-4-15(5-7-17)12-19-9-2-3-10-19/h4-7,14,16,18H,2-3,8-13H2,1H3. The molecule has 0 aromatic heterocycles. The second-order valence-electron chi connectivity index (χ2n) is 6.24. The lowest BCUT2D eigenvalue weighted by atomic mass is 10.0. The predicted molar refractivity (Wildman–Crippen MR) is 83.0 cm³/mol. The summed E-state index contributed by atoms with van der Waals surface area (Å²) in [4.78, 5) is 2.54. The van der Waals surface area contributed by atoms with E-state index >= 15 is 0 Å². The average molecular weight is 274 g/mol. The average Bonchev–Trinajstić information content (AvgIpc) is 3.13. The molecule has 2 saturated heterocycles. The van der Waals surface area contributed by atoms with Crippen molar-refractivity contribution in [2.45, 2.75) is 38.8 Å². The quantitative estimate of drug-likeness (QED) is 0.893. The van der Waals surface area contributed by atoms with E-state index in [1.54, 1.807) is 0 Å². The van der Waals surface area contributed by atoms with Gasteiger partial charge in [-0.25, -0.2) is 0 Å². The Morgan fingerprint density at radius 1 is 1.25 bits per heavy atom. The van der Waals surface area contributed by atoms with E-state index in [0.29, 0.717) is 12.0 Å². The highest BCUT2D eigenvalue weighted by atomic mass is 16.5. The van der Waals surface area contributed by atoms with Gasteiger partial charge in [0.25, 0.3) is 0 Å². The van der Waals surface area contributed by atoms with E-state index in [1.165, 1.54) is 43.6 Å². The fraction of sp³-hybridized carbons (Fsp3) is 0.647. The first-order valence-corrected chi connectivity index (χ1v) is 7.97. The van der Waals surface area contributed by atoms with Crippen molar-refractivity contribution in [1.82, 2.24) is 4.90 Å². The summed E-state index contributed by atoms with van der Waals surface area (Å²) in [5, 5.41) is 3.61. The topological polar surface area (TPSA) is 24.5 Å². The van der Waals surface area contributed by atoms with Crippen LogP contribution < -0.4 is 5.32 Å². The normalized spacial score (nSPS) is 24.9. The Kier molecular flexibility index (Phi) is 4.58. The summed E-state index contributed by atoms with van der Waals surface area (Å²) in [6.07, 6.45) is 3.91. The Morgan fingerprint density at radius 2 is 2.00 bits per heavy atom. The summed E-state index contributed by atoms with van der Waals surface area (Å²) in [5.41, 5.74) is 2.66. The maximum Gasteiger partial charge on any atom is 0.0514 e. The maximum atomic E-state index is 5.46. The van der Waals surface area contributed by atoms with Crippen LogP contribution in [0.4, 0.5) is 5.69 Å². The number of ether oxygens (including phenoxy) is 1. The molecule has 0 saturated carbocycles. The third-order valence-corrected chi connectivity index (χ3v) is 4.63. The highest BCUT2D eigenvalue weighted by Crippen LogP contribution is 2.21. The van der Waals surface area contributed by atoms with Crippen LogP contribution >= 0.6 is 0 Å². The van der Waals surface area contributed by atoms with E-state index in [9.17, 15) is 0 Å². The fourth-order valence-electron chi connectivity index (χ4n) is 3.23. The van der Waals surface area contributed by atoms with Crippen molar-refractivity contribution in [3.63, 3.8) is 0 Å². The Morgan fingerprint density at radius 3 is 2.65 bits per heavy atom. The monoisotopic (exact) mass is 274 g/mol. The number of benzene rings is 1. The van der Waals surface area contributed by atoms with Gasteiger partial charge in [-0.05, 0) is 57.0 Å². The van der Waals surface area contributed by atoms with Crippen LogP contribution in [0.15, 0.2) is 24.3 Å². The Hall–Kier alpha value is -1.06. The Balaban J connectivity index is 1.52. The van der Waals surface area contributed by atoms with Gasteiger partial charge in [0.2, 0.25) is 0 Å². The summed E-state index contributed by atoms with van der Waals surface area (Å²) >= 11 is 0. The molecule has 1 aromatic rings. The van der Waals surface area contributed by atoms with Gasteiger partial charge in [0.15, 0.2) is 0 Å². The van der Waals surface area contributed by atoms with Crippen molar-refractivity contribution in [1.29, 1.82) is 0 Å². The zero-order valence-electron chi connectivity index (χ0n) is 12.5. The molecular formula is C17H26N2O. The van der Waals surface area contributed by atoms with E-state index < -0.39 is 0 Å². The molecule has 2 aliphatic heterocycles. The minimum absolute atomic E-state index is 0.488. The van der Waals surface area contributed by atoms with Crippen LogP contribution in [-0.2, 0) is 11.3 Å². The van der Waals surface area contributed by atoms with Crippen LogP contribution in [0.25, 0.3) is 0 Å². The van der Waals surface area contributed by atoms with Gasteiger partial charge in [-0.1, -0.05) is 12.1 Å². The second kappa shape index (κ2) is 6.59. The number of nitrogens with one attached hydrogen (secondary N) is 1. The zero-order chi connectivity index (χ0) is 13.8. The van der Waals surface area contributed by atoms with E-state index in [-0.39, 0.29) is 0 Å². The SMILES string of the molecule is CC(Nc1ccc(CN2CCCC2)cc1)C1CCOC1. The van der Waals surface area contributed by atoms with E-state index in [1.807, 2.05) is 0 Å². The number of rotatable bonds is 5. The minimum Gasteiger partial charge on any atom is -0.382 e. The molecule has 110 valence electrons. The molecule has 3 rings (SSSR count). The van der Waals surface area contributed by atoms with Crippen LogP contribution in [-0.4, -0.2) is 37.2 Å². The van der Waals surface area contributed by atoms with Crippen molar-refractivity contribution < 1.29 is 4.74 Å². The van der Waals surface area contributed by atoms with Crippen molar-refractivity contribution >= 4 is 5.69 Å². The summed E-state index contributed by atoms with van der Waals surface area (Å²) in [7, 11) is 0. The van der Waals surface area contributed by atoms with Crippen LogP contribution in [0.3, 0.4) is 0 Å². The summed E-state index contributed by atoms with van der Waals surface area (Å²) in [5.74, 6) is 0.652. The molecule has 2 heterocycles. The van der Waals surface area contributed by atoms with Crippen LogP contribution in [0.5, 0.6) is 0 Å². The first-order chi connectivity index (χ1) is 9.81. The maximum absolute atomic E-state index is 5.46. The summed E-state index contributed by atoms with van der Waals surface area (Å²) in [6, 6.07) is 9.45. The summed E-state index contributed by atoms with van der Waals surface area (Å²) < 4.78 is 5.46. The predicted octanol–water partition coefficient (Wildman–Crippen LogP) is 3.12. The van der Waals surface area contributed by atoms with Gasteiger partial charge in [0.05, 0.1) is 6.61 Å². The Bertz CT molecular complexity index is 406. The molecule has 3 heteroatoms. The molecule has 3 nitrogen and oxygen atoms in total. The molecule has 2 atom stereocenters. The number of nitrogens with zero attached hydrogens (tertiary/aromatic N) is 1. The summed E-state index contributed by atoms with van der Waals surface area (Å²) in [6.45, 7) is 7.72. The molecule has 0 radical (unpaired) electrons. The zero-order valence-corrected chi connectivity index (χ0v) is 12.5. The molecule has 1 aromatic carbocycles. The fourth-order valence-corrected chi connectivity index (χ4v) is 3.23. The number of hydrogen-bond donors (Lipinski definition) is 1. The lowest BCUT2D eigenvalue weighted by molar-refractivity contribution is 0.183. The number of likely N-dealkylation sites (tertiary alicyclic amines) is 1. The van der Waals surface area contributed by atoms with E-state index in [2.05, 4.69) is 41.4 Å². The molecule has 2 aliphatic rings. The van der Waals surface area contributed by atoms with Crippen LogP contribution in [0.2, 0.25) is 0 Å². The second-order valence-corrected chi connectivity index (χ2v) is 6.24. The van der Waals surface area contributed by atoms with E-state index in [4.69, 9.17) is 4.74 Å². The lowest BCUT2D eigenvalue weighted by Crippen LogP contribution is -2.26. The highest BCUT2D eigenvalue weighted by Gasteiger charge is 2.22. The van der Waals surface area contributed by atoms with Crippen LogP contribution in [0.1, 0.15) is 31.7 Å². The van der Waals surface area contributed by atoms with Crippen LogP contribution in [0, 0.1) is 5.92 Å². The van der Waals surface area contributed by atoms with Gasteiger partial charge in [0, 0.05) is 30.8 Å². The Labute approximate surface area is 122 Å². The third-order valence-electron chi connectivity index (χ3n) is 4.63. The van der Waals surface area contributed by atoms with Gasteiger partial charge in [-0.3, -0.25) is 4.90 Å². The first-order valence-electron chi connectivity index (χ1n) is 7.97. The molecule has 0 aliphatic carbocycles. The van der Waals surface area contributed by atoms with Crippen molar-refractivity contribution in [3.05, 3.63) is 29.8 Å². The first kappa shape index (κ1) is 13.9. The van der Waals surface area contributed by atoms with Gasteiger partial charge >= 0.3 is 0 Å². The molecule has 2 unspecified atom stereocenters. The van der Waals surface area contributed by atoms with Gasteiger partial charge in [-0.15, -0.1) is 0 Å². The van der Waals surface area contributed by atoms with Crippen molar-refractivity contribution in [2.24, 2.45) is 5.92 Å². The third kappa shape index (κ3) is 3.53. The molecular weight excluding hydrogens is 248 g/mol. The molecule has 0 spiro atoms. The smallest absolute Gasteiger partial charge is 0.0514 e. The van der Waals surface area contributed by atoms with Gasteiger partial charge in [-0.2, -0.15) is 0 Å². The molecule has 0 bridgehead atoms. The highest BCUT2D eigenvalue weighted by molar-refractivity contribution is 5.45. The van der Waals surface area contributed by atoms with Crippen molar-refractivity contribution in [3.8, 4) is 0 Å². The van der Waals surface area contributed by atoms with E-state index in [0.717, 1.165) is 19.8 Å². The number of hydrogen-bond acceptors (Lipinski definition) is 3. The number of anilines is 1. The molecule has 0 amide bonds. The molecule has 20 heavy (non-hydrogen) atoms. The molecule has 1 N–H and O–H groups in total. The molecule has 2 fully saturated rings. The minimum atomic E-state index is 0.488. The van der Waals surface area contributed by atoms with Gasteiger partial charge in [0.1, 0.15) is 0 Å². The lowest BCUT2D eigenvalue weighted by Gasteiger charge is -2.21. The van der Waals surface area contributed by atoms with Crippen molar-refractivity contribution in [2.75, 3.05) is 31.6 Å². The van der Waals surface area contributed by atoms with Gasteiger partial charge < -0.3 is 10.1 Å². The largest absolute Gasteiger partial charge is 0.382 e.